The number of amides is 2. The molecule has 4 heterocycles. The molecule has 5 nitrogen and oxygen atoms in total. The summed E-state index contributed by atoms with van der Waals surface area (Å²) >= 11 is 0. The fourth-order valence-electron chi connectivity index (χ4n) is 4.11. The molecule has 3 aliphatic heterocycles. The first kappa shape index (κ1) is 17.6. The number of benzene rings is 1. The highest BCUT2D eigenvalue weighted by Crippen LogP contribution is 2.29. The quantitative estimate of drug-likeness (QED) is 0.838. The van der Waals surface area contributed by atoms with Gasteiger partial charge in [0.1, 0.15) is 11.5 Å². The summed E-state index contributed by atoms with van der Waals surface area (Å²) in [6.07, 6.45) is 3.55. The van der Waals surface area contributed by atoms with E-state index in [-0.39, 0.29) is 36.0 Å². The second kappa shape index (κ2) is 7.47. The number of piperidine rings is 1. The van der Waals surface area contributed by atoms with Gasteiger partial charge in [-0.25, -0.2) is 4.39 Å². The van der Waals surface area contributed by atoms with E-state index in [0.717, 1.165) is 12.8 Å². The zero-order chi connectivity index (χ0) is 18.8. The molecule has 3 saturated heterocycles. The predicted molar refractivity (Wildman–Crippen MR) is 98.5 cm³/mol. The van der Waals surface area contributed by atoms with Crippen LogP contribution in [0.1, 0.15) is 28.9 Å². The van der Waals surface area contributed by atoms with Crippen LogP contribution in [0.3, 0.4) is 0 Å². The van der Waals surface area contributed by atoms with Crippen molar-refractivity contribution in [1.82, 2.24) is 14.8 Å². The van der Waals surface area contributed by atoms with Crippen LogP contribution in [-0.4, -0.2) is 52.3 Å². The van der Waals surface area contributed by atoms with Gasteiger partial charge in [0.15, 0.2) is 0 Å². The maximum absolute atomic E-state index is 13.9. The molecule has 0 radical (unpaired) electrons. The summed E-state index contributed by atoms with van der Waals surface area (Å²) in [6, 6.07) is 11.7. The van der Waals surface area contributed by atoms with Crippen molar-refractivity contribution in [1.29, 1.82) is 0 Å². The van der Waals surface area contributed by atoms with E-state index in [0.29, 0.717) is 30.9 Å². The van der Waals surface area contributed by atoms with Crippen LogP contribution in [-0.2, 0) is 11.2 Å². The van der Waals surface area contributed by atoms with Crippen molar-refractivity contribution in [3.05, 3.63) is 65.7 Å². The van der Waals surface area contributed by atoms with Gasteiger partial charge in [-0.05, 0) is 42.5 Å². The molecule has 27 heavy (non-hydrogen) atoms. The number of rotatable bonds is 3. The van der Waals surface area contributed by atoms with Crippen LogP contribution in [0.25, 0.3) is 0 Å². The number of carbonyl (C=O) groups excluding carboxylic acids is 2. The average Bonchev–Trinajstić information content (AvgIpc) is 3.02. The maximum atomic E-state index is 13.9. The molecule has 2 bridgehead atoms. The van der Waals surface area contributed by atoms with Crippen molar-refractivity contribution in [2.75, 3.05) is 19.6 Å². The smallest absolute Gasteiger partial charge is 0.272 e. The van der Waals surface area contributed by atoms with Gasteiger partial charge in [0.2, 0.25) is 5.91 Å². The highest BCUT2D eigenvalue weighted by Gasteiger charge is 2.38. The molecule has 0 unspecified atom stereocenters. The second-order valence-electron chi connectivity index (χ2n) is 7.34. The monoisotopic (exact) mass is 367 g/mol. The summed E-state index contributed by atoms with van der Waals surface area (Å²) in [5.41, 5.74) is 0.854. The van der Waals surface area contributed by atoms with Gasteiger partial charge in [0.25, 0.3) is 5.91 Å². The number of hydrogen-bond acceptors (Lipinski definition) is 3. The van der Waals surface area contributed by atoms with E-state index in [1.54, 1.807) is 42.6 Å². The number of pyridine rings is 1. The topological polar surface area (TPSA) is 53.5 Å². The largest absolute Gasteiger partial charge is 0.337 e. The predicted octanol–water partition coefficient (Wildman–Crippen LogP) is 2.53. The van der Waals surface area contributed by atoms with Crippen molar-refractivity contribution >= 4 is 11.8 Å². The molecule has 6 heteroatoms. The first-order chi connectivity index (χ1) is 13.1. The van der Waals surface area contributed by atoms with Crippen molar-refractivity contribution in [2.24, 2.45) is 5.92 Å². The lowest BCUT2D eigenvalue weighted by Crippen LogP contribution is -2.48. The molecule has 5 rings (SSSR count). The number of nitrogens with zero attached hydrogens (tertiary/aromatic N) is 3. The number of halogens is 1. The van der Waals surface area contributed by atoms with Gasteiger partial charge in [0.05, 0.1) is 6.42 Å². The molecule has 0 saturated carbocycles. The Kier molecular flexibility index (Phi) is 4.88. The van der Waals surface area contributed by atoms with E-state index in [2.05, 4.69) is 4.98 Å². The summed E-state index contributed by atoms with van der Waals surface area (Å²) in [7, 11) is 0. The van der Waals surface area contributed by atoms with E-state index in [4.69, 9.17) is 0 Å². The third-order valence-corrected chi connectivity index (χ3v) is 5.50. The Bertz CT molecular complexity index is 842. The molecule has 0 N–H and O–H groups in total. The molecule has 2 atom stereocenters. The Labute approximate surface area is 157 Å². The fraction of sp³-hybridized carbons (Fsp3) is 0.381. The lowest BCUT2D eigenvalue weighted by atomic mass is 9.94. The molecule has 0 spiro atoms. The van der Waals surface area contributed by atoms with E-state index >= 15 is 0 Å². The lowest BCUT2D eigenvalue weighted by molar-refractivity contribution is -0.134. The molecule has 3 fully saturated rings. The number of aromatic nitrogens is 1. The van der Waals surface area contributed by atoms with Gasteiger partial charge in [0, 0.05) is 31.9 Å². The van der Waals surface area contributed by atoms with E-state index < -0.39 is 0 Å². The molecule has 2 amide bonds. The normalized spacial score (nSPS) is 21.8. The summed E-state index contributed by atoms with van der Waals surface area (Å²) in [5, 5.41) is 0. The van der Waals surface area contributed by atoms with Crippen LogP contribution in [0, 0.1) is 11.7 Å². The SMILES string of the molecule is O=C(c1ccccn1)N1C[C@@H]2CC[C@H](C1)N(C(=O)Cc1ccccc1F)C2. The first-order valence-corrected chi connectivity index (χ1v) is 9.35. The molecule has 0 aliphatic carbocycles. The number of hydrogen-bond donors (Lipinski definition) is 0. The molecule has 140 valence electrons. The van der Waals surface area contributed by atoms with Crippen LogP contribution in [0.2, 0.25) is 0 Å². The summed E-state index contributed by atoms with van der Waals surface area (Å²) in [4.78, 5) is 33.5. The Balaban J connectivity index is 1.49. The van der Waals surface area contributed by atoms with Gasteiger partial charge in [-0.1, -0.05) is 24.3 Å². The Morgan fingerprint density at radius 1 is 1.04 bits per heavy atom. The standard InChI is InChI=1S/C21H22FN3O2/c22-18-6-2-1-5-16(18)11-20(26)25-13-15-8-9-17(25)14-24(12-15)21(27)19-7-3-4-10-23-19/h1-7,10,15,17H,8-9,11-14H2/t15-,17+/m0/s1. The van der Waals surface area contributed by atoms with Crippen molar-refractivity contribution in [2.45, 2.75) is 25.3 Å². The third-order valence-electron chi connectivity index (χ3n) is 5.50. The minimum atomic E-state index is -0.349. The number of carbonyl (C=O) groups is 2. The van der Waals surface area contributed by atoms with Crippen molar-refractivity contribution in [3.63, 3.8) is 0 Å². The van der Waals surface area contributed by atoms with E-state index in [1.807, 2.05) is 9.80 Å². The van der Waals surface area contributed by atoms with Crippen LogP contribution in [0.15, 0.2) is 48.7 Å². The van der Waals surface area contributed by atoms with Gasteiger partial charge in [-0.15, -0.1) is 0 Å². The van der Waals surface area contributed by atoms with E-state index in [1.165, 1.54) is 6.07 Å². The van der Waals surface area contributed by atoms with Crippen molar-refractivity contribution < 1.29 is 14.0 Å². The molecular formula is C21H22FN3O2. The van der Waals surface area contributed by atoms with Gasteiger partial charge in [-0.3, -0.25) is 14.6 Å². The minimum Gasteiger partial charge on any atom is -0.337 e. The average molecular weight is 367 g/mol. The van der Waals surface area contributed by atoms with Crippen LogP contribution in [0.4, 0.5) is 4.39 Å². The maximum Gasteiger partial charge on any atom is 0.272 e. The zero-order valence-corrected chi connectivity index (χ0v) is 15.1. The lowest BCUT2D eigenvalue weighted by Gasteiger charge is -2.36. The molecule has 3 aliphatic rings. The summed E-state index contributed by atoms with van der Waals surface area (Å²) in [5.74, 6) is -0.253. The molecule has 1 aromatic carbocycles. The highest BCUT2D eigenvalue weighted by molar-refractivity contribution is 5.92. The number of fused-ring (bicyclic) bond motifs is 4. The van der Waals surface area contributed by atoms with Crippen LogP contribution in [0.5, 0.6) is 0 Å². The minimum absolute atomic E-state index is 0.0179. The van der Waals surface area contributed by atoms with Gasteiger partial charge >= 0.3 is 0 Å². The van der Waals surface area contributed by atoms with Gasteiger partial charge in [-0.2, -0.15) is 0 Å². The second-order valence-corrected chi connectivity index (χ2v) is 7.34. The highest BCUT2D eigenvalue weighted by atomic mass is 19.1. The van der Waals surface area contributed by atoms with Crippen LogP contribution >= 0.6 is 0 Å². The van der Waals surface area contributed by atoms with Gasteiger partial charge < -0.3 is 9.80 Å². The zero-order valence-electron chi connectivity index (χ0n) is 15.1. The van der Waals surface area contributed by atoms with Crippen LogP contribution < -0.4 is 0 Å². The molecule has 1 aromatic heterocycles. The molecular weight excluding hydrogens is 345 g/mol. The first-order valence-electron chi connectivity index (χ1n) is 9.35. The molecule has 2 aromatic rings. The van der Waals surface area contributed by atoms with E-state index in [9.17, 15) is 14.0 Å². The Morgan fingerprint density at radius 3 is 2.63 bits per heavy atom. The fourth-order valence-corrected chi connectivity index (χ4v) is 4.11. The summed E-state index contributed by atoms with van der Waals surface area (Å²) in [6.45, 7) is 1.77. The van der Waals surface area contributed by atoms with Crippen molar-refractivity contribution in [3.8, 4) is 0 Å². The summed E-state index contributed by atoms with van der Waals surface area (Å²) < 4.78 is 13.9. The Morgan fingerprint density at radius 2 is 1.85 bits per heavy atom. The third kappa shape index (κ3) is 3.70. The Hall–Kier alpha value is -2.76.